The standard InChI is InChI=1S/C12H12N2O2/c13-14-9(5-15)11-7-1-2-8(4-3-7)12(11)10(14)6-16/h1-2,5-8H,3-4,13H2. The summed E-state index contributed by atoms with van der Waals surface area (Å²) >= 11 is 0. The van der Waals surface area contributed by atoms with Crippen molar-refractivity contribution < 1.29 is 9.59 Å². The number of allylic oxidation sites excluding steroid dienone is 2. The number of carbonyl (C=O) groups excluding carboxylic acids is 2. The van der Waals surface area contributed by atoms with Crippen LogP contribution in [-0.2, 0) is 0 Å². The second-order valence-corrected chi connectivity index (χ2v) is 4.38. The Morgan fingerprint density at radius 3 is 1.81 bits per heavy atom. The lowest BCUT2D eigenvalue weighted by Crippen LogP contribution is -2.17. The van der Waals surface area contributed by atoms with Crippen molar-refractivity contribution in [2.75, 3.05) is 5.84 Å². The molecule has 0 amide bonds. The van der Waals surface area contributed by atoms with Crippen molar-refractivity contribution in [3.05, 3.63) is 34.7 Å². The molecule has 2 N–H and O–H groups in total. The van der Waals surface area contributed by atoms with Crippen LogP contribution < -0.4 is 5.84 Å². The molecule has 16 heavy (non-hydrogen) atoms. The molecule has 3 aliphatic carbocycles. The number of nitrogen functional groups attached to an aromatic ring is 1. The van der Waals surface area contributed by atoms with Crippen LogP contribution >= 0.6 is 0 Å². The van der Waals surface area contributed by atoms with Crippen LogP contribution in [0.4, 0.5) is 0 Å². The molecular weight excluding hydrogens is 204 g/mol. The zero-order valence-electron chi connectivity index (χ0n) is 8.72. The van der Waals surface area contributed by atoms with Gasteiger partial charge in [0.15, 0.2) is 12.6 Å². The van der Waals surface area contributed by atoms with Gasteiger partial charge in [-0.25, -0.2) is 0 Å². The number of aromatic nitrogens is 1. The first-order chi connectivity index (χ1) is 7.77. The molecule has 4 rings (SSSR count). The summed E-state index contributed by atoms with van der Waals surface area (Å²) in [6, 6.07) is 0. The molecule has 0 aromatic carbocycles. The van der Waals surface area contributed by atoms with E-state index in [0.717, 1.165) is 36.5 Å². The molecule has 2 bridgehead atoms. The summed E-state index contributed by atoms with van der Waals surface area (Å²) in [5.41, 5.74) is 2.85. The van der Waals surface area contributed by atoms with Gasteiger partial charge in [-0.05, 0) is 24.0 Å². The topological polar surface area (TPSA) is 65.1 Å². The number of hydrogen-bond acceptors (Lipinski definition) is 3. The van der Waals surface area contributed by atoms with Gasteiger partial charge >= 0.3 is 0 Å². The fraction of sp³-hybridized carbons (Fsp3) is 0.333. The smallest absolute Gasteiger partial charge is 0.168 e. The van der Waals surface area contributed by atoms with Gasteiger partial charge in [-0.15, -0.1) is 0 Å². The lowest BCUT2D eigenvalue weighted by molar-refractivity contribution is 0.111. The fourth-order valence-electron chi connectivity index (χ4n) is 2.99. The molecule has 1 aromatic rings. The van der Waals surface area contributed by atoms with Crippen molar-refractivity contribution in [2.45, 2.75) is 24.7 Å². The third-order valence-corrected chi connectivity index (χ3v) is 3.69. The zero-order chi connectivity index (χ0) is 11.3. The number of fused-ring (bicyclic) bond motifs is 1. The first-order valence-electron chi connectivity index (χ1n) is 5.40. The van der Waals surface area contributed by atoms with E-state index in [-0.39, 0.29) is 11.8 Å². The molecule has 4 nitrogen and oxygen atoms in total. The molecule has 0 radical (unpaired) electrons. The van der Waals surface area contributed by atoms with Gasteiger partial charge in [0.1, 0.15) is 11.4 Å². The number of nitrogens with zero attached hydrogens (tertiary/aromatic N) is 1. The Morgan fingerprint density at radius 2 is 1.50 bits per heavy atom. The largest absolute Gasteiger partial charge is 0.338 e. The van der Waals surface area contributed by atoms with E-state index in [0.29, 0.717) is 11.4 Å². The maximum atomic E-state index is 11.1. The van der Waals surface area contributed by atoms with E-state index in [1.807, 2.05) is 0 Å². The normalized spacial score (nSPS) is 25.5. The third-order valence-electron chi connectivity index (χ3n) is 3.69. The molecule has 2 atom stereocenters. The summed E-state index contributed by atoms with van der Waals surface area (Å²) in [7, 11) is 0. The zero-order valence-corrected chi connectivity index (χ0v) is 8.72. The molecule has 2 unspecified atom stereocenters. The lowest BCUT2D eigenvalue weighted by Gasteiger charge is -2.31. The van der Waals surface area contributed by atoms with E-state index < -0.39 is 0 Å². The fourth-order valence-corrected chi connectivity index (χ4v) is 2.99. The second-order valence-electron chi connectivity index (χ2n) is 4.38. The highest BCUT2D eigenvalue weighted by molar-refractivity contribution is 5.86. The quantitative estimate of drug-likeness (QED) is 0.461. The average molecular weight is 216 g/mol. The molecule has 1 aromatic heterocycles. The number of nitrogens with two attached hydrogens (primary N) is 1. The van der Waals surface area contributed by atoms with Gasteiger partial charge in [0.2, 0.25) is 0 Å². The van der Waals surface area contributed by atoms with Crippen LogP contribution in [0.25, 0.3) is 0 Å². The first-order valence-corrected chi connectivity index (χ1v) is 5.40. The predicted octanol–water partition coefficient (Wildman–Crippen LogP) is 1.36. The highest BCUT2D eigenvalue weighted by Gasteiger charge is 2.36. The first kappa shape index (κ1) is 9.39. The highest BCUT2D eigenvalue weighted by Crippen LogP contribution is 2.47. The summed E-state index contributed by atoms with van der Waals surface area (Å²) in [4.78, 5) is 22.1. The van der Waals surface area contributed by atoms with Crippen molar-refractivity contribution in [2.24, 2.45) is 0 Å². The number of aldehydes is 2. The average Bonchev–Trinajstić information content (AvgIpc) is 2.64. The minimum Gasteiger partial charge on any atom is -0.338 e. The summed E-state index contributed by atoms with van der Waals surface area (Å²) in [6.45, 7) is 0. The van der Waals surface area contributed by atoms with E-state index >= 15 is 0 Å². The second kappa shape index (κ2) is 3.07. The van der Waals surface area contributed by atoms with Crippen molar-refractivity contribution >= 4 is 12.6 Å². The van der Waals surface area contributed by atoms with Crippen LogP contribution in [0.2, 0.25) is 0 Å². The Morgan fingerprint density at radius 1 is 1.06 bits per heavy atom. The molecule has 3 aliphatic rings. The number of carbonyl (C=O) groups is 2. The van der Waals surface area contributed by atoms with E-state index in [2.05, 4.69) is 12.2 Å². The summed E-state index contributed by atoms with van der Waals surface area (Å²) in [5, 5.41) is 0. The Labute approximate surface area is 92.7 Å². The number of hydrogen-bond donors (Lipinski definition) is 1. The molecule has 1 heterocycles. The van der Waals surface area contributed by atoms with E-state index in [1.165, 1.54) is 4.68 Å². The van der Waals surface area contributed by atoms with E-state index in [4.69, 9.17) is 5.84 Å². The molecule has 0 saturated carbocycles. The van der Waals surface area contributed by atoms with Gasteiger partial charge < -0.3 is 5.84 Å². The van der Waals surface area contributed by atoms with Gasteiger partial charge in [-0.3, -0.25) is 14.3 Å². The maximum Gasteiger partial charge on any atom is 0.168 e. The lowest BCUT2D eigenvalue weighted by atomic mass is 9.72. The van der Waals surface area contributed by atoms with Gasteiger partial charge in [0.05, 0.1) is 0 Å². The van der Waals surface area contributed by atoms with Crippen molar-refractivity contribution in [3.8, 4) is 0 Å². The monoisotopic (exact) mass is 216 g/mol. The van der Waals surface area contributed by atoms with E-state index in [1.54, 1.807) is 0 Å². The van der Waals surface area contributed by atoms with Gasteiger partial charge in [0, 0.05) is 11.8 Å². The Kier molecular flexibility index (Phi) is 1.80. The maximum absolute atomic E-state index is 11.1. The summed E-state index contributed by atoms with van der Waals surface area (Å²) in [6.07, 6.45) is 7.82. The van der Waals surface area contributed by atoms with Gasteiger partial charge in [-0.2, -0.15) is 0 Å². The van der Waals surface area contributed by atoms with Crippen LogP contribution in [0.15, 0.2) is 12.2 Å². The van der Waals surface area contributed by atoms with Gasteiger partial charge in [-0.1, -0.05) is 12.2 Å². The third kappa shape index (κ3) is 0.939. The summed E-state index contributed by atoms with van der Waals surface area (Å²) in [5.74, 6) is 6.29. The molecule has 0 saturated heterocycles. The predicted molar refractivity (Wildman–Crippen MR) is 59.2 cm³/mol. The minimum absolute atomic E-state index is 0.253. The Hall–Kier alpha value is -1.84. The van der Waals surface area contributed by atoms with Crippen LogP contribution in [-0.4, -0.2) is 17.2 Å². The minimum atomic E-state index is 0.253. The van der Waals surface area contributed by atoms with Crippen molar-refractivity contribution in [3.63, 3.8) is 0 Å². The number of rotatable bonds is 2. The Balaban J connectivity index is 2.35. The molecule has 4 heteroatoms. The van der Waals surface area contributed by atoms with Crippen molar-refractivity contribution in [1.82, 2.24) is 4.68 Å². The molecule has 0 spiro atoms. The van der Waals surface area contributed by atoms with Crippen molar-refractivity contribution in [1.29, 1.82) is 0 Å². The Bertz CT molecular complexity index is 470. The SMILES string of the molecule is Nn1c(C=O)c2c(c1C=O)C1C=CC2CC1. The van der Waals surface area contributed by atoms with Crippen LogP contribution in [0.1, 0.15) is 56.8 Å². The van der Waals surface area contributed by atoms with Crippen LogP contribution in [0, 0.1) is 0 Å². The van der Waals surface area contributed by atoms with Crippen LogP contribution in [0.5, 0.6) is 0 Å². The molecule has 0 fully saturated rings. The molecule has 0 aliphatic heterocycles. The van der Waals surface area contributed by atoms with E-state index in [9.17, 15) is 9.59 Å². The van der Waals surface area contributed by atoms with Crippen LogP contribution in [0.3, 0.4) is 0 Å². The summed E-state index contributed by atoms with van der Waals surface area (Å²) < 4.78 is 1.24. The molecule has 82 valence electrons. The van der Waals surface area contributed by atoms with Gasteiger partial charge in [0.25, 0.3) is 0 Å². The molecular formula is C12H12N2O2. The highest BCUT2D eigenvalue weighted by atomic mass is 16.1.